The van der Waals surface area contributed by atoms with Crippen LogP contribution in [-0.2, 0) is 10.0 Å². The maximum Gasteiger partial charge on any atom is 0.339 e. The Morgan fingerprint density at radius 1 is 1.07 bits per heavy atom. The molecule has 1 saturated carbocycles. The molecule has 2 N–H and O–H groups in total. The number of hydrogen-bond donors (Lipinski definition) is 2. The van der Waals surface area contributed by atoms with Gasteiger partial charge in [0.15, 0.2) is 0 Å². The molecule has 7 nitrogen and oxygen atoms in total. The zero-order valence-electron chi connectivity index (χ0n) is 15.8. The SMILES string of the molecule is CCCCCN(C(=O)NC(=O)NC1CCCCC1)S(=O)(=O)c1ccccc1. The van der Waals surface area contributed by atoms with Crippen molar-refractivity contribution in [1.29, 1.82) is 0 Å². The van der Waals surface area contributed by atoms with Gasteiger partial charge >= 0.3 is 12.1 Å². The summed E-state index contributed by atoms with van der Waals surface area (Å²) < 4.78 is 26.5. The summed E-state index contributed by atoms with van der Waals surface area (Å²) in [7, 11) is -4.02. The fourth-order valence-electron chi connectivity index (χ4n) is 3.18. The Labute approximate surface area is 161 Å². The smallest absolute Gasteiger partial charge is 0.335 e. The van der Waals surface area contributed by atoms with Crippen molar-refractivity contribution in [2.75, 3.05) is 6.54 Å². The summed E-state index contributed by atoms with van der Waals surface area (Å²) in [4.78, 5) is 24.8. The van der Waals surface area contributed by atoms with Gasteiger partial charge in [-0.3, -0.25) is 5.32 Å². The number of nitrogens with one attached hydrogen (secondary N) is 2. The zero-order chi connectivity index (χ0) is 19.7. The number of rotatable bonds is 7. The number of unbranched alkanes of at least 4 members (excludes halogenated alkanes) is 2. The molecule has 1 fully saturated rings. The van der Waals surface area contributed by atoms with Crippen LogP contribution in [0.25, 0.3) is 0 Å². The van der Waals surface area contributed by atoms with Crippen molar-refractivity contribution >= 4 is 22.1 Å². The van der Waals surface area contributed by atoms with E-state index < -0.39 is 22.1 Å². The maximum atomic E-state index is 12.9. The number of sulfonamides is 1. The Morgan fingerprint density at radius 3 is 2.37 bits per heavy atom. The molecule has 0 aliphatic heterocycles. The summed E-state index contributed by atoms with van der Waals surface area (Å²) in [6, 6.07) is 6.27. The molecule has 2 rings (SSSR count). The fourth-order valence-corrected chi connectivity index (χ4v) is 4.57. The predicted molar refractivity (Wildman–Crippen MR) is 104 cm³/mol. The molecular formula is C19H29N3O4S. The van der Waals surface area contributed by atoms with E-state index >= 15 is 0 Å². The van der Waals surface area contributed by atoms with Gasteiger partial charge in [0.25, 0.3) is 10.0 Å². The molecule has 0 atom stereocenters. The fraction of sp³-hybridized carbons (Fsp3) is 0.579. The molecule has 8 heteroatoms. The molecule has 0 radical (unpaired) electrons. The summed E-state index contributed by atoms with van der Waals surface area (Å²) in [5.74, 6) is 0. The number of nitrogens with zero attached hydrogens (tertiary/aromatic N) is 1. The highest BCUT2D eigenvalue weighted by Crippen LogP contribution is 2.18. The molecule has 4 amide bonds. The van der Waals surface area contributed by atoms with Crippen molar-refractivity contribution < 1.29 is 18.0 Å². The highest BCUT2D eigenvalue weighted by Gasteiger charge is 2.30. The van der Waals surface area contributed by atoms with Crippen molar-refractivity contribution in [3.05, 3.63) is 30.3 Å². The van der Waals surface area contributed by atoms with E-state index in [0.717, 1.165) is 49.3 Å². The van der Waals surface area contributed by atoms with E-state index in [1.165, 1.54) is 12.1 Å². The van der Waals surface area contributed by atoms with Gasteiger partial charge in [-0.1, -0.05) is 57.2 Å². The van der Waals surface area contributed by atoms with E-state index in [4.69, 9.17) is 0 Å². The lowest BCUT2D eigenvalue weighted by molar-refractivity contribution is 0.212. The number of carbonyl (C=O) groups is 2. The summed E-state index contributed by atoms with van der Waals surface area (Å²) in [5, 5.41) is 4.96. The van der Waals surface area contributed by atoms with Crippen LogP contribution in [0, 0.1) is 0 Å². The van der Waals surface area contributed by atoms with Crippen LogP contribution in [0.5, 0.6) is 0 Å². The average Bonchev–Trinajstić information content (AvgIpc) is 2.66. The van der Waals surface area contributed by atoms with Gasteiger partial charge in [0.05, 0.1) is 4.90 Å². The Bertz CT molecular complexity index is 716. The van der Waals surface area contributed by atoms with Crippen LogP contribution < -0.4 is 10.6 Å². The first-order valence-corrected chi connectivity index (χ1v) is 11.1. The topological polar surface area (TPSA) is 95.6 Å². The number of hydrogen-bond acceptors (Lipinski definition) is 4. The lowest BCUT2D eigenvalue weighted by atomic mass is 9.96. The highest BCUT2D eigenvalue weighted by atomic mass is 32.2. The second-order valence-electron chi connectivity index (χ2n) is 6.84. The second-order valence-corrected chi connectivity index (χ2v) is 8.70. The maximum absolute atomic E-state index is 12.9. The predicted octanol–water partition coefficient (Wildman–Crippen LogP) is 3.62. The molecule has 0 saturated heterocycles. The van der Waals surface area contributed by atoms with Crippen molar-refractivity contribution in [1.82, 2.24) is 14.9 Å². The standard InChI is InChI=1S/C19H29N3O4S/c1-2-3-10-15-22(27(25,26)17-13-8-5-9-14-17)19(24)21-18(23)20-16-11-6-4-7-12-16/h5,8-9,13-14,16H,2-4,6-7,10-12,15H2,1H3,(H2,20,21,23,24). The number of urea groups is 2. The molecule has 27 heavy (non-hydrogen) atoms. The normalized spacial score (nSPS) is 15.1. The number of benzene rings is 1. The minimum absolute atomic E-state index is 0.0318. The number of imide groups is 1. The Kier molecular flexibility index (Phi) is 8.09. The van der Waals surface area contributed by atoms with Crippen LogP contribution in [0.2, 0.25) is 0 Å². The van der Waals surface area contributed by atoms with Crippen LogP contribution in [-0.4, -0.2) is 37.4 Å². The molecule has 0 unspecified atom stereocenters. The van der Waals surface area contributed by atoms with Crippen molar-refractivity contribution in [3.8, 4) is 0 Å². The highest BCUT2D eigenvalue weighted by molar-refractivity contribution is 7.89. The molecule has 1 aliphatic rings. The van der Waals surface area contributed by atoms with Gasteiger partial charge in [-0.15, -0.1) is 0 Å². The Morgan fingerprint density at radius 2 is 1.74 bits per heavy atom. The zero-order valence-corrected chi connectivity index (χ0v) is 16.6. The molecule has 1 aliphatic carbocycles. The Balaban J connectivity index is 2.07. The van der Waals surface area contributed by atoms with E-state index in [-0.39, 0.29) is 17.5 Å². The monoisotopic (exact) mass is 395 g/mol. The summed E-state index contributed by atoms with van der Waals surface area (Å²) >= 11 is 0. The third-order valence-corrected chi connectivity index (χ3v) is 6.48. The number of carbonyl (C=O) groups excluding carboxylic acids is 2. The first-order valence-electron chi connectivity index (χ1n) is 9.64. The molecule has 1 aromatic carbocycles. The average molecular weight is 396 g/mol. The molecular weight excluding hydrogens is 366 g/mol. The van der Waals surface area contributed by atoms with Crippen molar-refractivity contribution in [2.24, 2.45) is 0 Å². The quantitative estimate of drug-likeness (QED) is 0.689. The number of amides is 4. The largest absolute Gasteiger partial charge is 0.339 e. The molecule has 0 spiro atoms. The van der Waals surface area contributed by atoms with Crippen LogP contribution in [0.3, 0.4) is 0 Å². The molecule has 1 aromatic rings. The molecule has 0 aromatic heterocycles. The molecule has 0 bridgehead atoms. The van der Waals surface area contributed by atoms with Gasteiger partial charge in [0.1, 0.15) is 0 Å². The van der Waals surface area contributed by atoms with Gasteiger partial charge in [0.2, 0.25) is 0 Å². The second kappa shape index (κ2) is 10.3. The van der Waals surface area contributed by atoms with Gasteiger partial charge in [-0.05, 0) is 31.4 Å². The van der Waals surface area contributed by atoms with Gasteiger partial charge in [-0.25, -0.2) is 22.3 Å². The third-order valence-electron chi connectivity index (χ3n) is 4.68. The van der Waals surface area contributed by atoms with Crippen LogP contribution in [0.15, 0.2) is 35.2 Å². The van der Waals surface area contributed by atoms with Gasteiger partial charge in [-0.2, -0.15) is 0 Å². The lowest BCUT2D eigenvalue weighted by Crippen LogP contribution is -2.51. The van der Waals surface area contributed by atoms with E-state index in [1.807, 2.05) is 6.92 Å². The van der Waals surface area contributed by atoms with E-state index in [1.54, 1.807) is 18.2 Å². The summed E-state index contributed by atoms with van der Waals surface area (Å²) in [6.45, 7) is 2.03. The van der Waals surface area contributed by atoms with Gasteiger partial charge in [0, 0.05) is 12.6 Å². The lowest BCUT2D eigenvalue weighted by Gasteiger charge is -2.25. The van der Waals surface area contributed by atoms with Crippen LogP contribution >= 0.6 is 0 Å². The minimum Gasteiger partial charge on any atom is -0.335 e. The van der Waals surface area contributed by atoms with Crippen molar-refractivity contribution in [3.63, 3.8) is 0 Å². The molecule has 0 heterocycles. The van der Waals surface area contributed by atoms with Gasteiger partial charge < -0.3 is 5.32 Å². The summed E-state index contributed by atoms with van der Waals surface area (Å²) in [6.07, 6.45) is 7.23. The van der Waals surface area contributed by atoms with Crippen LogP contribution in [0.4, 0.5) is 9.59 Å². The first-order chi connectivity index (χ1) is 12.9. The molecule has 150 valence electrons. The van der Waals surface area contributed by atoms with Crippen LogP contribution in [0.1, 0.15) is 58.3 Å². The first kappa shape index (κ1) is 21.2. The van der Waals surface area contributed by atoms with E-state index in [9.17, 15) is 18.0 Å². The third kappa shape index (κ3) is 6.23. The van der Waals surface area contributed by atoms with E-state index in [0.29, 0.717) is 6.42 Å². The van der Waals surface area contributed by atoms with Crippen molar-refractivity contribution in [2.45, 2.75) is 69.2 Å². The minimum atomic E-state index is -4.02. The Hall–Kier alpha value is -2.09. The van der Waals surface area contributed by atoms with E-state index in [2.05, 4.69) is 10.6 Å². The summed E-state index contributed by atoms with van der Waals surface area (Å²) in [5.41, 5.74) is 0.